The van der Waals surface area contributed by atoms with Crippen LogP contribution in [0.4, 0.5) is 10.1 Å². The summed E-state index contributed by atoms with van der Waals surface area (Å²) >= 11 is 0. The maximum absolute atomic E-state index is 13.2. The molecule has 0 saturated heterocycles. The van der Waals surface area contributed by atoms with Gasteiger partial charge in [0.2, 0.25) is 5.91 Å². The summed E-state index contributed by atoms with van der Waals surface area (Å²) in [5, 5.41) is 3.04. The van der Waals surface area contributed by atoms with Crippen LogP contribution >= 0.6 is 0 Å². The smallest absolute Gasteiger partial charge is 0.263 e. The third-order valence-electron chi connectivity index (χ3n) is 6.43. The third-order valence-corrected chi connectivity index (χ3v) is 6.43. The van der Waals surface area contributed by atoms with Gasteiger partial charge in [-0.1, -0.05) is 56.3 Å². The number of anilines is 1. The molecule has 2 atom stereocenters. The van der Waals surface area contributed by atoms with Gasteiger partial charge in [-0.3, -0.25) is 9.59 Å². The van der Waals surface area contributed by atoms with Crippen molar-refractivity contribution in [2.24, 2.45) is 0 Å². The normalized spacial score (nSPS) is 16.1. The lowest BCUT2D eigenvalue weighted by Crippen LogP contribution is -2.40. The van der Waals surface area contributed by atoms with Gasteiger partial charge >= 0.3 is 0 Å². The van der Waals surface area contributed by atoms with Crippen molar-refractivity contribution in [3.8, 4) is 5.75 Å². The molecule has 2 unspecified atom stereocenters. The number of amides is 2. The molecule has 1 heterocycles. The minimum absolute atomic E-state index is 0.0634. The Balaban J connectivity index is 1.52. The molecule has 0 spiro atoms. The van der Waals surface area contributed by atoms with E-state index in [1.165, 1.54) is 12.1 Å². The highest BCUT2D eigenvalue weighted by molar-refractivity contribution is 5.96. The second-order valence-corrected chi connectivity index (χ2v) is 8.83. The van der Waals surface area contributed by atoms with Gasteiger partial charge in [-0.25, -0.2) is 4.39 Å². The number of ether oxygens (including phenoxy) is 1. The molecule has 0 aromatic heterocycles. The van der Waals surface area contributed by atoms with E-state index in [-0.39, 0.29) is 23.5 Å². The zero-order valence-corrected chi connectivity index (χ0v) is 20.2. The molecular weight excluding hydrogens is 443 g/mol. The van der Waals surface area contributed by atoms with E-state index in [1.54, 1.807) is 17.0 Å². The quantitative estimate of drug-likeness (QED) is 0.456. The molecule has 3 aromatic rings. The van der Waals surface area contributed by atoms with Crippen molar-refractivity contribution in [1.29, 1.82) is 0 Å². The lowest BCUT2D eigenvalue weighted by Gasteiger charge is -2.23. The average Bonchev–Trinajstić information content (AvgIpc) is 3.00. The first kappa shape index (κ1) is 24.5. The van der Waals surface area contributed by atoms with Crippen LogP contribution in [0.5, 0.6) is 5.75 Å². The average molecular weight is 475 g/mol. The third kappa shape index (κ3) is 5.88. The predicted octanol–water partition coefficient (Wildman–Crippen LogP) is 5.70. The van der Waals surface area contributed by atoms with E-state index in [0.717, 1.165) is 16.7 Å². The molecule has 182 valence electrons. The molecule has 1 aliphatic rings. The molecule has 0 aliphatic carbocycles. The number of fused-ring (bicyclic) bond motifs is 1. The number of hydrogen-bond donors (Lipinski definition) is 1. The molecule has 1 N–H and O–H groups in total. The van der Waals surface area contributed by atoms with E-state index in [9.17, 15) is 14.0 Å². The molecule has 2 amide bonds. The summed E-state index contributed by atoms with van der Waals surface area (Å²) in [5.41, 5.74) is 3.46. The highest BCUT2D eigenvalue weighted by Crippen LogP contribution is 2.30. The monoisotopic (exact) mass is 474 g/mol. The Morgan fingerprint density at radius 1 is 1.09 bits per heavy atom. The Morgan fingerprint density at radius 2 is 1.83 bits per heavy atom. The highest BCUT2D eigenvalue weighted by Gasteiger charge is 2.30. The molecule has 1 aliphatic heterocycles. The van der Waals surface area contributed by atoms with Gasteiger partial charge in [0.1, 0.15) is 11.6 Å². The number of nitrogens with zero attached hydrogens (tertiary/aromatic N) is 1. The molecule has 5 nitrogen and oxygen atoms in total. The number of carbonyl (C=O) groups excluding carboxylic acids is 2. The molecule has 0 fully saturated rings. The van der Waals surface area contributed by atoms with Gasteiger partial charge in [0.25, 0.3) is 5.91 Å². The van der Waals surface area contributed by atoms with Crippen molar-refractivity contribution in [2.45, 2.75) is 51.7 Å². The number of carbonyl (C=O) groups is 2. The van der Waals surface area contributed by atoms with Gasteiger partial charge < -0.3 is 15.0 Å². The number of hydrogen-bond acceptors (Lipinski definition) is 3. The molecule has 6 heteroatoms. The van der Waals surface area contributed by atoms with Gasteiger partial charge in [0, 0.05) is 24.3 Å². The number of nitrogens with one attached hydrogen (secondary N) is 1. The lowest BCUT2D eigenvalue weighted by atomic mass is 9.95. The van der Waals surface area contributed by atoms with Crippen LogP contribution in [0.1, 0.15) is 49.3 Å². The van der Waals surface area contributed by atoms with Crippen LogP contribution in [0.15, 0.2) is 72.8 Å². The van der Waals surface area contributed by atoms with Crippen LogP contribution in [-0.4, -0.2) is 29.4 Å². The molecular formula is C29H31FN2O3. The predicted molar refractivity (Wildman–Crippen MR) is 135 cm³/mol. The lowest BCUT2D eigenvalue weighted by molar-refractivity contribution is -0.138. The Labute approximate surface area is 205 Å². The van der Waals surface area contributed by atoms with Crippen molar-refractivity contribution < 1.29 is 18.7 Å². The topological polar surface area (TPSA) is 58.6 Å². The Hall–Kier alpha value is -3.67. The second-order valence-electron chi connectivity index (χ2n) is 8.83. The van der Waals surface area contributed by atoms with Crippen LogP contribution in [0, 0.1) is 5.82 Å². The summed E-state index contributed by atoms with van der Waals surface area (Å²) in [6.07, 6.45) is 1.29. The zero-order chi connectivity index (χ0) is 24.8. The van der Waals surface area contributed by atoms with Crippen molar-refractivity contribution >= 4 is 17.5 Å². The molecule has 4 rings (SSSR count). The molecule has 0 radical (unpaired) electrons. The summed E-state index contributed by atoms with van der Waals surface area (Å²) in [6.45, 7) is 4.80. The molecule has 0 saturated carbocycles. The van der Waals surface area contributed by atoms with E-state index in [0.29, 0.717) is 43.8 Å². The Bertz CT molecular complexity index is 1160. The van der Waals surface area contributed by atoms with Crippen molar-refractivity contribution in [2.75, 3.05) is 11.9 Å². The van der Waals surface area contributed by atoms with E-state index < -0.39 is 6.10 Å². The minimum atomic E-state index is -0.563. The van der Waals surface area contributed by atoms with E-state index >= 15 is 0 Å². The fourth-order valence-corrected chi connectivity index (χ4v) is 4.44. The zero-order valence-electron chi connectivity index (χ0n) is 20.2. The fourth-order valence-electron chi connectivity index (χ4n) is 4.44. The van der Waals surface area contributed by atoms with Crippen LogP contribution in [0.3, 0.4) is 0 Å². The maximum atomic E-state index is 13.2. The van der Waals surface area contributed by atoms with Gasteiger partial charge in [0.15, 0.2) is 6.10 Å². The van der Waals surface area contributed by atoms with Gasteiger partial charge in [-0.15, -0.1) is 0 Å². The van der Waals surface area contributed by atoms with Gasteiger partial charge in [-0.2, -0.15) is 0 Å². The van der Waals surface area contributed by atoms with Crippen LogP contribution in [0.2, 0.25) is 0 Å². The molecule has 35 heavy (non-hydrogen) atoms. The first-order valence-corrected chi connectivity index (χ1v) is 12.2. The van der Waals surface area contributed by atoms with Crippen molar-refractivity contribution in [1.82, 2.24) is 4.90 Å². The first-order valence-electron chi connectivity index (χ1n) is 12.2. The first-order chi connectivity index (χ1) is 17.0. The maximum Gasteiger partial charge on any atom is 0.263 e. The highest BCUT2D eigenvalue weighted by atomic mass is 19.1. The van der Waals surface area contributed by atoms with E-state index in [2.05, 4.69) is 5.32 Å². The summed E-state index contributed by atoms with van der Waals surface area (Å²) in [7, 11) is 0. The largest absolute Gasteiger partial charge is 0.480 e. The number of benzene rings is 3. The summed E-state index contributed by atoms with van der Waals surface area (Å²) in [5.74, 6) is 0.00242. The Morgan fingerprint density at radius 3 is 2.51 bits per heavy atom. The minimum Gasteiger partial charge on any atom is -0.480 e. The summed E-state index contributed by atoms with van der Waals surface area (Å²) in [4.78, 5) is 28.0. The van der Waals surface area contributed by atoms with E-state index in [1.807, 2.05) is 62.4 Å². The molecule has 3 aromatic carbocycles. The summed E-state index contributed by atoms with van der Waals surface area (Å²) < 4.78 is 19.3. The van der Waals surface area contributed by atoms with Gasteiger partial charge in [0.05, 0.1) is 5.92 Å². The second kappa shape index (κ2) is 11.2. The summed E-state index contributed by atoms with van der Waals surface area (Å²) in [6, 6.07) is 21.6. The van der Waals surface area contributed by atoms with Crippen LogP contribution in [0.25, 0.3) is 0 Å². The van der Waals surface area contributed by atoms with Crippen molar-refractivity contribution in [3.05, 3.63) is 95.3 Å². The number of rotatable bonds is 8. The van der Waals surface area contributed by atoms with Crippen LogP contribution < -0.4 is 10.1 Å². The number of halogens is 1. The van der Waals surface area contributed by atoms with Gasteiger partial charge in [-0.05, 0) is 60.7 Å². The standard InChI is InChI=1S/C29H31FN2O3/c1-3-25(21-8-6-5-7-9-21)28(33)31-24-14-15-27-22(18-24)19-32(29(34)26(4-2)35-27)17-16-20-10-12-23(30)13-11-20/h5-15,18,25-26H,3-4,16-17,19H2,1-2H3,(H,31,33). The Kier molecular flexibility index (Phi) is 7.80. The van der Waals surface area contributed by atoms with E-state index in [4.69, 9.17) is 4.74 Å². The van der Waals surface area contributed by atoms with Crippen LogP contribution in [-0.2, 0) is 22.6 Å². The molecule has 0 bridgehead atoms. The van der Waals surface area contributed by atoms with Crippen molar-refractivity contribution in [3.63, 3.8) is 0 Å². The SMILES string of the molecule is CCC1Oc2ccc(NC(=O)C(CC)c3ccccc3)cc2CN(CCc2ccc(F)cc2)C1=O. The fraction of sp³-hybridized carbons (Fsp3) is 0.310.